The summed E-state index contributed by atoms with van der Waals surface area (Å²) in [7, 11) is 0. The van der Waals surface area contributed by atoms with Crippen LogP contribution in [0, 0.1) is 29.0 Å². The highest BCUT2D eigenvalue weighted by Gasteiger charge is 2.56. The second kappa shape index (κ2) is 7.67. The number of anilines is 1. The van der Waals surface area contributed by atoms with Crippen LogP contribution in [0.4, 0.5) is 10.1 Å². The molecule has 1 aromatic rings. The van der Waals surface area contributed by atoms with Gasteiger partial charge in [0.25, 0.3) is 0 Å². The second-order valence-electron chi connectivity index (χ2n) is 10.3. The SMILES string of the molecule is C=C1CCC[C@]2(C)C[C@H]3OC(=O)[C@H](C[NH+]4CCN(c5ccccc5F)CC4)[C@H]3C[C@H]12. The molecule has 162 valence electrons. The largest absolute Gasteiger partial charge is 0.462 e. The van der Waals surface area contributed by atoms with E-state index in [-0.39, 0.29) is 29.2 Å². The van der Waals surface area contributed by atoms with E-state index in [1.54, 1.807) is 6.07 Å². The minimum absolute atomic E-state index is 0.00397. The Morgan fingerprint density at radius 1 is 1.30 bits per heavy atom. The highest BCUT2D eigenvalue weighted by molar-refractivity contribution is 5.75. The van der Waals surface area contributed by atoms with Gasteiger partial charge in [-0.25, -0.2) is 4.39 Å². The number of halogens is 1. The van der Waals surface area contributed by atoms with Crippen molar-refractivity contribution in [1.82, 2.24) is 0 Å². The molecule has 5 rings (SSSR count). The van der Waals surface area contributed by atoms with Crippen LogP contribution in [0.3, 0.4) is 0 Å². The minimum atomic E-state index is -0.152. The third-order valence-electron chi connectivity index (χ3n) is 8.49. The Labute approximate surface area is 179 Å². The van der Waals surface area contributed by atoms with Crippen LogP contribution in [0.15, 0.2) is 36.4 Å². The molecule has 2 aliphatic carbocycles. The number of piperazine rings is 1. The van der Waals surface area contributed by atoms with Gasteiger partial charge in [-0.3, -0.25) is 4.79 Å². The van der Waals surface area contributed by atoms with Gasteiger partial charge in [-0.05, 0) is 55.6 Å². The van der Waals surface area contributed by atoms with E-state index >= 15 is 0 Å². The van der Waals surface area contributed by atoms with Gasteiger partial charge in [0.15, 0.2) is 0 Å². The van der Waals surface area contributed by atoms with Gasteiger partial charge in [0.2, 0.25) is 0 Å². The number of para-hydroxylation sites is 1. The molecule has 2 heterocycles. The molecule has 0 radical (unpaired) electrons. The normalized spacial score (nSPS) is 36.9. The van der Waals surface area contributed by atoms with Crippen LogP contribution in [-0.2, 0) is 9.53 Å². The highest BCUT2D eigenvalue weighted by atomic mass is 19.1. The summed E-state index contributed by atoms with van der Waals surface area (Å²) in [5.74, 6) is 0.743. The van der Waals surface area contributed by atoms with Crippen LogP contribution < -0.4 is 9.80 Å². The number of rotatable bonds is 3. The van der Waals surface area contributed by atoms with Crippen LogP contribution in [0.1, 0.15) is 39.0 Å². The summed E-state index contributed by atoms with van der Waals surface area (Å²) >= 11 is 0. The lowest BCUT2D eigenvalue weighted by Gasteiger charge is -2.50. The Morgan fingerprint density at radius 2 is 2.07 bits per heavy atom. The van der Waals surface area contributed by atoms with Crippen LogP contribution in [0.2, 0.25) is 0 Å². The van der Waals surface area contributed by atoms with Crippen molar-refractivity contribution >= 4 is 11.7 Å². The number of hydrogen-bond donors (Lipinski definition) is 1. The topological polar surface area (TPSA) is 34.0 Å². The van der Waals surface area contributed by atoms with Gasteiger partial charge < -0.3 is 14.5 Å². The smallest absolute Gasteiger partial charge is 0.315 e. The van der Waals surface area contributed by atoms with Crippen LogP contribution in [0.5, 0.6) is 0 Å². The first-order valence-electron chi connectivity index (χ1n) is 11.7. The Kier molecular flexibility index (Phi) is 5.12. The van der Waals surface area contributed by atoms with Gasteiger partial charge in [0, 0.05) is 5.92 Å². The number of ether oxygens (including phenoxy) is 1. The molecule has 30 heavy (non-hydrogen) atoms. The van der Waals surface area contributed by atoms with Crippen molar-refractivity contribution in [2.24, 2.45) is 23.2 Å². The van der Waals surface area contributed by atoms with E-state index in [9.17, 15) is 9.18 Å². The summed E-state index contributed by atoms with van der Waals surface area (Å²) in [5.41, 5.74) is 2.34. The van der Waals surface area contributed by atoms with Crippen LogP contribution in [-0.4, -0.2) is 44.8 Å². The highest BCUT2D eigenvalue weighted by Crippen LogP contribution is 2.56. The standard InChI is InChI=1S/C25H33FN2O2/c1-17-6-5-9-25(2)15-23-18(14-20(17)25)19(24(29)30-23)16-27-10-12-28(13-11-27)22-8-4-3-7-21(22)26/h3-4,7-8,18-20,23H,1,5-6,9-16H2,2H3/p+1/t18-,19-,20-,23-,25-/m1/s1. The maximum atomic E-state index is 14.1. The van der Waals surface area contributed by atoms with Crippen molar-refractivity contribution in [2.75, 3.05) is 37.6 Å². The molecule has 0 bridgehead atoms. The Morgan fingerprint density at radius 3 is 2.83 bits per heavy atom. The molecular weight excluding hydrogens is 379 g/mol. The van der Waals surface area contributed by atoms with Gasteiger partial charge in [-0.15, -0.1) is 0 Å². The molecule has 0 unspecified atom stereocenters. The van der Waals surface area contributed by atoms with Gasteiger partial charge in [-0.2, -0.15) is 0 Å². The predicted molar refractivity (Wildman–Crippen MR) is 115 cm³/mol. The number of hydrogen-bond acceptors (Lipinski definition) is 3. The fourth-order valence-electron chi connectivity index (χ4n) is 6.78. The summed E-state index contributed by atoms with van der Waals surface area (Å²) in [6.07, 6.45) is 5.74. The zero-order valence-corrected chi connectivity index (χ0v) is 18.0. The molecule has 2 saturated carbocycles. The maximum absolute atomic E-state index is 14.1. The van der Waals surface area contributed by atoms with E-state index in [1.165, 1.54) is 29.4 Å². The molecule has 4 aliphatic rings. The van der Waals surface area contributed by atoms with Gasteiger partial charge in [0.05, 0.1) is 38.4 Å². The molecule has 5 heteroatoms. The molecule has 5 atom stereocenters. The molecular formula is C25H34FN2O2+. The van der Waals surface area contributed by atoms with E-state index in [1.807, 2.05) is 12.1 Å². The summed E-state index contributed by atoms with van der Waals surface area (Å²) in [5, 5.41) is 0. The van der Waals surface area contributed by atoms with Crippen molar-refractivity contribution in [3.63, 3.8) is 0 Å². The quantitative estimate of drug-likeness (QED) is 0.611. The maximum Gasteiger partial charge on any atom is 0.315 e. The molecule has 1 N–H and O–H groups in total. The number of nitrogens with zero attached hydrogens (tertiary/aromatic N) is 1. The number of nitrogens with one attached hydrogen (secondary N) is 1. The fraction of sp³-hybridized carbons (Fsp3) is 0.640. The Bertz CT molecular complexity index is 834. The number of allylic oxidation sites excluding steroid dienone is 1. The van der Waals surface area contributed by atoms with Gasteiger partial charge in [-0.1, -0.05) is 31.2 Å². The van der Waals surface area contributed by atoms with E-state index in [2.05, 4.69) is 18.4 Å². The number of esters is 1. The summed E-state index contributed by atoms with van der Waals surface area (Å²) in [6, 6.07) is 7.01. The zero-order valence-electron chi connectivity index (χ0n) is 18.0. The Balaban J connectivity index is 1.23. The number of fused-ring (bicyclic) bond motifs is 2. The van der Waals surface area contributed by atoms with E-state index < -0.39 is 0 Å². The van der Waals surface area contributed by atoms with Crippen LogP contribution >= 0.6 is 0 Å². The third-order valence-corrected chi connectivity index (χ3v) is 8.49. The van der Waals surface area contributed by atoms with Gasteiger partial charge >= 0.3 is 5.97 Å². The summed E-state index contributed by atoms with van der Waals surface area (Å²) in [4.78, 5) is 16.4. The number of quaternary nitrogens is 1. The fourth-order valence-corrected chi connectivity index (χ4v) is 6.78. The van der Waals surface area contributed by atoms with E-state index in [0.717, 1.165) is 52.0 Å². The van der Waals surface area contributed by atoms with Crippen molar-refractivity contribution < 1.29 is 18.8 Å². The van der Waals surface area contributed by atoms with Gasteiger partial charge in [0.1, 0.15) is 17.8 Å². The third kappa shape index (κ3) is 3.45. The van der Waals surface area contributed by atoms with Crippen molar-refractivity contribution in [1.29, 1.82) is 0 Å². The molecule has 4 fully saturated rings. The lowest BCUT2D eigenvalue weighted by atomic mass is 9.55. The molecule has 4 nitrogen and oxygen atoms in total. The first-order chi connectivity index (χ1) is 14.4. The first kappa shape index (κ1) is 20.0. The van der Waals surface area contributed by atoms with E-state index in [4.69, 9.17) is 4.74 Å². The average molecular weight is 414 g/mol. The molecule has 0 spiro atoms. The first-order valence-corrected chi connectivity index (χ1v) is 11.7. The second-order valence-corrected chi connectivity index (χ2v) is 10.3. The van der Waals surface area contributed by atoms with E-state index in [0.29, 0.717) is 17.5 Å². The molecule has 2 aliphatic heterocycles. The van der Waals surface area contributed by atoms with Crippen molar-refractivity contribution in [3.05, 3.63) is 42.2 Å². The molecule has 0 aromatic heterocycles. The average Bonchev–Trinajstić information content (AvgIpc) is 3.01. The minimum Gasteiger partial charge on any atom is -0.462 e. The van der Waals surface area contributed by atoms with Crippen LogP contribution in [0.25, 0.3) is 0 Å². The number of carbonyl (C=O) groups excluding carboxylic acids is 1. The van der Waals surface area contributed by atoms with Crippen molar-refractivity contribution in [3.8, 4) is 0 Å². The number of benzene rings is 1. The Hall–Kier alpha value is -1.88. The molecule has 2 saturated heterocycles. The predicted octanol–water partition coefficient (Wildman–Crippen LogP) is 2.84. The lowest BCUT2D eigenvalue weighted by molar-refractivity contribution is -0.903. The lowest BCUT2D eigenvalue weighted by Crippen LogP contribution is -3.15. The molecule has 0 amide bonds. The monoisotopic (exact) mass is 413 g/mol. The molecule has 1 aromatic carbocycles. The zero-order chi connectivity index (χ0) is 20.9. The number of carbonyl (C=O) groups is 1. The summed E-state index contributed by atoms with van der Waals surface area (Å²) in [6.45, 7) is 11.1. The summed E-state index contributed by atoms with van der Waals surface area (Å²) < 4.78 is 20.1. The van der Waals surface area contributed by atoms with Crippen molar-refractivity contribution in [2.45, 2.75) is 45.1 Å².